The molecule has 1 aromatic heterocycles. The molecule has 1 heterocycles. The first-order valence-electron chi connectivity index (χ1n) is 11.4. The van der Waals surface area contributed by atoms with E-state index in [2.05, 4.69) is 20.8 Å². The molecule has 0 bridgehead atoms. The molecule has 0 saturated carbocycles. The lowest BCUT2D eigenvalue weighted by atomic mass is 10.1. The molecule has 4 aromatic rings. The van der Waals surface area contributed by atoms with Crippen LogP contribution in [-0.2, 0) is 11.3 Å². The second-order valence-electron chi connectivity index (χ2n) is 8.36. The van der Waals surface area contributed by atoms with E-state index in [1.54, 1.807) is 12.1 Å². The molecular formula is C27H27N5O2S. The predicted molar refractivity (Wildman–Crippen MR) is 140 cm³/mol. The topological polar surface area (TPSA) is 91.8 Å². The lowest BCUT2D eigenvalue weighted by Gasteiger charge is -2.16. The number of carbonyl (C=O) groups is 2. The molecule has 3 N–H and O–H groups in total. The number of nitrogens with zero attached hydrogens (tertiary/aromatic N) is 2. The Hall–Kier alpha value is -4.04. The molecule has 0 spiro atoms. The second kappa shape index (κ2) is 10.9. The van der Waals surface area contributed by atoms with E-state index in [4.69, 9.17) is 12.2 Å². The van der Waals surface area contributed by atoms with Crippen molar-refractivity contribution in [1.82, 2.24) is 20.1 Å². The summed E-state index contributed by atoms with van der Waals surface area (Å²) in [7, 11) is 0. The normalized spacial score (nSPS) is 11.6. The van der Waals surface area contributed by atoms with Gasteiger partial charge in [-0.25, -0.2) is 0 Å². The van der Waals surface area contributed by atoms with Gasteiger partial charge in [0.05, 0.1) is 6.04 Å². The minimum absolute atomic E-state index is 0.102. The number of benzene rings is 3. The summed E-state index contributed by atoms with van der Waals surface area (Å²) in [5, 5.41) is 13.1. The third kappa shape index (κ3) is 6.10. The van der Waals surface area contributed by atoms with E-state index in [0.29, 0.717) is 28.4 Å². The van der Waals surface area contributed by atoms with E-state index in [-0.39, 0.29) is 24.3 Å². The van der Waals surface area contributed by atoms with Crippen molar-refractivity contribution in [2.45, 2.75) is 32.9 Å². The van der Waals surface area contributed by atoms with Crippen LogP contribution in [0.25, 0.3) is 11.4 Å². The molecule has 7 nitrogen and oxygen atoms in total. The van der Waals surface area contributed by atoms with Crippen LogP contribution >= 0.6 is 12.2 Å². The molecule has 3 aromatic carbocycles. The Morgan fingerprint density at radius 3 is 2.57 bits per heavy atom. The minimum atomic E-state index is -0.232. The number of amides is 2. The van der Waals surface area contributed by atoms with E-state index in [9.17, 15) is 9.59 Å². The molecule has 8 heteroatoms. The van der Waals surface area contributed by atoms with Gasteiger partial charge in [0.1, 0.15) is 0 Å². The summed E-state index contributed by atoms with van der Waals surface area (Å²) in [5.74, 6) is 0.427. The fourth-order valence-corrected chi connectivity index (χ4v) is 4.04. The van der Waals surface area contributed by atoms with E-state index < -0.39 is 0 Å². The largest absolute Gasteiger partial charge is 0.350 e. The lowest BCUT2D eigenvalue weighted by molar-refractivity contribution is -0.121. The zero-order valence-corrected chi connectivity index (χ0v) is 20.4. The number of hydrogen-bond donors (Lipinski definition) is 3. The van der Waals surface area contributed by atoms with Crippen LogP contribution in [0.5, 0.6) is 0 Å². The average Bonchev–Trinajstić information content (AvgIpc) is 3.23. The summed E-state index contributed by atoms with van der Waals surface area (Å²) in [6, 6.07) is 24.3. The molecule has 35 heavy (non-hydrogen) atoms. The van der Waals surface area contributed by atoms with Gasteiger partial charge in [0.15, 0.2) is 10.6 Å². The van der Waals surface area contributed by atoms with Gasteiger partial charge in [-0.15, -0.1) is 0 Å². The van der Waals surface area contributed by atoms with Crippen molar-refractivity contribution in [3.8, 4) is 11.4 Å². The number of anilines is 1. The molecule has 0 fully saturated rings. The third-order valence-electron chi connectivity index (χ3n) is 5.65. The Kier molecular flexibility index (Phi) is 7.52. The molecular weight excluding hydrogens is 458 g/mol. The standard InChI is InChI=1S/C27H27N5O2S/c1-18-8-6-12-22(16-18)25-30-31-27(35)32(25)15-14-24(33)28-19(2)21-11-7-13-23(17-21)29-26(34)20-9-4-3-5-10-20/h3-13,16-17,19H,14-15H2,1-2H3,(H,28,33)(H,29,34)(H,31,35). The number of hydrogen-bond acceptors (Lipinski definition) is 4. The zero-order valence-electron chi connectivity index (χ0n) is 19.6. The van der Waals surface area contributed by atoms with Gasteiger partial charge in [-0.1, -0.05) is 54.1 Å². The number of aromatic amines is 1. The summed E-state index contributed by atoms with van der Waals surface area (Å²) in [6.07, 6.45) is 0.251. The molecule has 1 atom stereocenters. The molecule has 178 valence electrons. The van der Waals surface area contributed by atoms with Gasteiger partial charge < -0.3 is 10.6 Å². The highest BCUT2D eigenvalue weighted by Crippen LogP contribution is 2.20. The Morgan fingerprint density at radius 2 is 1.80 bits per heavy atom. The molecule has 2 amide bonds. The van der Waals surface area contributed by atoms with Crippen molar-refractivity contribution >= 4 is 29.7 Å². The second-order valence-corrected chi connectivity index (χ2v) is 8.74. The van der Waals surface area contributed by atoms with Gasteiger partial charge in [-0.3, -0.25) is 19.3 Å². The molecule has 0 aliphatic rings. The Bertz CT molecular complexity index is 1390. The third-order valence-corrected chi connectivity index (χ3v) is 5.97. The Balaban J connectivity index is 1.37. The number of H-pyrrole nitrogens is 1. The minimum Gasteiger partial charge on any atom is -0.350 e. The number of nitrogens with one attached hydrogen (secondary N) is 3. The summed E-state index contributed by atoms with van der Waals surface area (Å²) < 4.78 is 2.32. The van der Waals surface area contributed by atoms with Gasteiger partial charge in [-0.05, 0) is 62.0 Å². The monoisotopic (exact) mass is 485 g/mol. The van der Waals surface area contributed by atoms with Crippen LogP contribution in [-0.4, -0.2) is 26.6 Å². The lowest BCUT2D eigenvalue weighted by Crippen LogP contribution is -2.27. The summed E-state index contributed by atoms with van der Waals surface area (Å²) in [5.41, 5.74) is 4.22. The first-order chi connectivity index (χ1) is 16.9. The Morgan fingerprint density at radius 1 is 1.03 bits per heavy atom. The maximum Gasteiger partial charge on any atom is 0.255 e. The van der Waals surface area contributed by atoms with Gasteiger partial charge in [0.2, 0.25) is 5.91 Å². The maximum atomic E-state index is 12.7. The van der Waals surface area contributed by atoms with Crippen molar-refractivity contribution in [2.75, 3.05) is 5.32 Å². The molecule has 1 unspecified atom stereocenters. The molecule has 0 aliphatic carbocycles. The smallest absolute Gasteiger partial charge is 0.255 e. The van der Waals surface area contributed by atoms with Gasteiger partial charge >= 0.3 is 0 Å². The quantitative estimate of drug-likeness (QED) is 0.290. The molecule has 4 rings (SSSR count). The highest BCUT2D eigenvalue weighted by atomic mass is 32.1. The highest BCUT2D eigenvalue weighted by Gasteiger charge is 2.14. The number of carbonyl (C=O) groups excluding carboxylic acids is 2. The number of aryl methyl sites for hydroxylation is 1. The molecule has 0 saturated heterocycles. The molecule has 0 aliphatic heterocycles. The highest BCUT2D eigenvalue weighted by molar-refractivity contribution is 7.71. The van der Waals surface area contributed by atoms with Crippen LogP contribution < -0.4 is 10.6 Å². The van der Waals surface area contributed by atoms with E-state index in [1.165, 1.54) is 0 Å². The van der Waals surface area contributed by atoms with Crippen LogP contribution in [0.3, 0.4) is 0 Å². The van der Waals surface area contributed by atoms with Gasteiger partial charge in [-0.2, -0.15) is 5.10 Å². The summed E-state index contributed by atoms with van der Waals surface area (Å²) in [4.78, 5) is 25.2. The maximum absolute atomic E-state index is 12.7. The van der Waals surface area contributed by atoms with Crippen molar-refractivity contribution in [3.05, 3.63) is 100 Å². The number of rotatable bonds is 8. The molecule has 0 radical (unpaired) electrons. The zero-order chi connectivity index (χ0) is 24.8. The first-order valence-corrected chi connectivity index (χ1v) is 11.8. The fourth-order valence-electron chi connectivity index (χ4n) is 3.82. The summed E-state index contributed by atoms with van der Waals surface area (Å²) >= 11 is 5.38. The van der Waals surface area contributed by atoms with Crippen LogP contribution in [0.4, 0.5) is 5.69 Å². The Labute approximate surface area is 209 Å². The van der Waals surface area contributed by atoms with Gasteiger partial charge in [0.25, 0.3) is 5.91 Å². The van der Waals surface area contributed by atoms with Crippen LogP contribution in [0.15, 0.2) is 78.9 Å². The summed E-state index contributed by atoms with van der Waals surface area (Å²) in [6.45, 7) is 4.34. The van der Waals surface area contributed by atoms with Crippen molar-refractivity contribution in [3.63, 3.8) is 0 Å². The van der Waals surface area contributed by atoms with Gasteiger partial charge in [0, 0.05) is 29.8 Å². The van der Waals surface area contributed by atoms with Crippen LogP contribution in [0, 0.1) is 11.7 Å². The van der Waals surface area contributed by atoms with Crippen molar-refractivity contribution in [1.29, 1.82) is 0 Å². The first kappa shape index (κ1) is 24.1. The van der Waals surface area contributed by atoms with Crippen molar-refractivity contribution < 1.29 is 9.59 Å². The van der Waals surface area contributed by atoms with Crippen LogP contribution in [0.2, 0.25) is 0 Å². The SMILES string of the molecule is Cc1cccc(-c2n[nH]c(=S)n2CCC(=O)NC(C)c2cccc(NC(=O)c3ccccc3)c2)c1. The van der Waals surface area contributed by atoms with E-state index in [1.807, 2.05) is 85.1 Å². The van der Waals surface area contributed by atoms with Crippen LogP contribution in [0.1, 0.15) is 40.9 Å². The average molecular weight is 486 g/mol. The van der Waals surface area contributed by atoms with Crippen molar-refractivity contribution in [2.24, 2.45) is 0 Å². The number of aromatic nitrogens is 3. The van der Waals surface area contributed by atoms with E-state index >= 15 is 0 Å². The predicted octanol–water partition coefficient (Wildman–Crippen LogP) is 5.44. The fraction of sp³-hybridized carbons (Fsp3) is 0.185. The van der Waals surface area contributed by atoms with E-state index in [0.717, 1.165) is 16.7 Å².